The summed E-state index contributed by atoms with van der Waals surface area (Å²) in [4.78, 5) is 8.88. The Hall–Kier alpha value is 0.130. The fourth-order valence-electron chi connectivity index (χ4n) is 0.270. The largest absolute Gasteiger partial charge is 0.394 e. The van der Waals surface area contributed by atoms with Crippen LogP contribution in [0.2, 0.25) is 0 Å². The van der Waals surface area contributed by atoms with E-state index in [1.165, 1.54) is 0 Å². The minimum absolute atomic E-state index is 0.0343. The lowest BCUT2D eigenvalue weighted by molar-refractivity contribution is -0.302. The molecule has 1 unspecified atom stereocenters. The van der Waals surface area contributed by atoms with Gasteiger partial charge in [-0.2, -0.15) is 0 Å². The van der Waals surface area contributed by atoms with E-state index in [1.54, 1.807) is 0 Å². The summed E-state index contributed by atoms with van der Waals surface area (Å²) in [6, 6.07) is 0. The third-order valence-electron chi connectivity index (χ3n) is 0.715. The average Bonchev–Trinajstić information content (AvgIpc) is 1.98. The van der Waals surface area contributed by atoms with Crippen LogP contribution in [-0.2, 0) is 9.78 Å². The molecule has 62 valence electrons. The quantitative estimate of drug-likeness (QED) is 0.245. The third-order valence-corrected chi connectivity index (χ3v) is 0.869. The zero-order chi connectivity index (χ0) is 7.82. The van der Waals surface area contributed by atoms with E-state index in [2.05, 4.69) is 9.78 Å². The van der Waals surface area contributed by atoms with Gasteiger partial charge in [-0.05, 0) is 0 Å². The molecule has 0 amide bonds. The van der Waals surface area contributed by atoms with Crippen LogP contribution in [0.5, 0.6) is 0 Å². The van der Waals surface area contributed by atoms with Crippen molar-refractivity contribution in [1.29, 1.82) is 0 Å². The molecule has 0 bridgehead atoms. The van der Waals surface area contributed by atoms with Gasteiger partial charge in [-0.15, -0.1) is 11.6 Å². The summed E-state index contributed by atoms with van der Waals surface area (Å²) in [5.74, 6) is 0.342. The van der Waals surface area contributed by atoms with Crippen LogP contribution in [0.1, 0.15) is 0 Å². The van der Waals surface area contributed by atoms with Crippen molar-refractivity contribution in [3.63, 3.8) is 0 Å². The lowest BCUT2D eigenvalue weighted by Crippen LogP contribution is -2.19. The van der Waals surface area contributed by atoms with E-state index in [4.69, 9.17) is 21.8 Å². The first-order chi connectivity index (χ1) is 4.81. The SMILES string of the molecule is OCC(O)COOCCCl. The second-order valence-corrected chi connectivity index (χ2v) is 2.01. The molecule has 1 atom stereocenters. The van der Waals surface area contributed by atoms with Crippen molar-refractivity contribution in [2.75, 3.05) is 25.7 Å². The molecule has 0 aliphatic rings. The Morgan fingerprint density at radius 2 is 2.10 bits per heavy atom. The number of aliphatic hydroxyl groups excluding tert-OH is 2. The van der Waals surface area contributed by atoms with Gasteiger partial charge >= 0.3 is 0 Å². The molecule has 0 saturated heterocycles. The summed E-state index contributed by atoms with van der Waals surface area (Å²) < 4.78 is 0. The predicted molar refractivity (Wildman–Crippen MR) is 35.7 cm³/mol. The first-order valence-electron chi connectivity index (χ1n) is 2.90. The minimum Gasteiger partial charge on any atom is -0.394 e. The molecule has 0 aromatic rings. The molecule has 0 aromatic heterocycles. The van der Waals surface area contributed by atoms with Gasteiger partial charge in [0, 0.05) is 5.88 Å². The summed E-state index contributed by atoms with van der Waals surface area (Å²) >= 11 is 5.23. The highest BCUT2D eigenvalue weighted by atomic mass is 35.5. The Kier molecular flexibility index (Phi) is 7.33. The standard InChI is InChI=1S/C5H11ClO4/c6-1-2-9-10-4-5(8)3-7/h5,7-8H,1-4H2. The first-order valence-corrected chi connectivity index (χ1v) is 3.44. The van der Waals surface area contributed by atoms with Gasteiger partial charge in [-0.25, -0.2) is 9.78 Å². The Morgan fingerprint density at radius 1 is 1.40 bits per heavy atom. The van der Waals surface area contributed by atoms with Gasteiger partial charge in [-0.1, -0.05) is 0 Å². The first kappa shape index (κ1) is 10.1. The van der Waals surface area contributed by atoms with Crippen LogP contribution in [0.25, 0.3) is 0 Å². The van der Waals surface area contributed by atoms with Crippen molar-refractivity contribution >= 4 is 11.6 Å². The molecule has 0 spiro atoms. The number of halogens is 1. The van der Waals surface area contributed by atoms with E-state index in [-0.39, 0.29) is 19.8 Å². The van der Waals surface area contributed by atoms with Gasteiger partial charge in [0.15, 0.2) is 0 Å². The molecule has 5 heteroatoms. The highest BCUT2D eigenvalue weighted by Crippen LogP contribution is 1.85. The van der Waals surface area contributed by atoms with E-state index in [0.29, 0.717) is 5.88 Å². The maximum atomic E-state index is 8.67. The molecule has 0 fully saturated rings. The topological polar surface area (TPSA) is 58.9 Å². The average molecular weight is 171 g/mol. The van der Waals surface area contributed by atoms with Crippen LogP contribution in [0.3, 0.4) is 0 Å². The van der Waals surface area contributed by atoms with Gasteiger partial charge in [-0.3, -0.25) is 0 Å². The lowest BCUT2D eigenvalue weighted by atomic mass is 10.4. The van der Waals surface area contributed by atoms with Crippen molar-refractivity contribution in [3.05, 3.63) is 0 Å². The molecule has 4 nitrogen and oxygen atoms in total. The number of hydrogen-bond acceptors (Lipinski definition) is 4. The fraction of sp³-hybridized carbons (Fsp3) is 1.00. The zero-order valence-electron chi connectivity index (χ0n) is 5.49. The van der Waals surface area contributed by atoms with E-state index >= 15 is 0 Å². The van der Waals surface area contributed by atoms with Gasteiger partial charge in [0.1, 0.15) is 12.7 Å². The Morgan fingerprint density at radius 3 is 2.60 bits per heavy atom. The zero-order valence-corrected chi connectivity index (χ0v) is 6.25. The number of aliphatic hydroxyl groups is 2. The minimum atomic E-state index is -0.879. The highest BCUT2D eigenvalue weighted by molar-refractivity contribution is 6.17. The summed E-state index contributed by atoms with van der Waals surface area (Å²) in [7, 11) is 0. The third kappa shape index (κ3) is 6.25. The normalized spacial score (nSPS) is 13.5. The molecule has 10 heavy (non-hydrogen) atoms. The number of hydrogen-bond donors (Lipinski definition) is 2. The molecular weight excluding hydrogens is 160 g/mol. The molecule has 2 N–H and O–H groups in total. The van der Waals surface area contributed by atoms with E-state index in [9.17, 15) is 0 Å². The van der Waals surface area contributed by atoms with E-state index < -0.39 is 6.10 Å². The maximum Gasteiger partial charge on any atom is 0.110 e. The molecule has 0 heterocycles. The van der Waals surface area contributed by atoms with Crippen molar-refractivity contribution in [2.24, 2.45) is 0 Å². The monoisotopic (exact) mass is 170 g/mol. The van der Waals surface area contributed by atoms with Crippen molar-refractivity contribution in [1.82, 2.24) is 0 Å². The lowest BCUT2D eigenvalue weighted by Gasteiger charge is -2.05. The van der Waals surface area contributed by atoms with E-state index in [1.807, 2.05) is 0 Å². The second-order valence-electron chi connectivity index (χ2n) is 1.63. The van der Waals surface area contributed by atoms with Gasteiger partial charge in [0.2, 0.25) is 0 Å². The Balaban J connectivity index is 2.89. The van der Waals surface area contributed by atoms with Crippen LogP contribution < -0.4 is 0 Å². The summed E-state index contributed by atoms with van der Waals surface area (Å²) in [6.07, 6.45) is -0.879. The summed E-state index contributed by atoms with van der Waals surface area (Å²) in [6.45, 7) is -0.0860. The predicted octanol–water partition coefficient (Wildman–Crippen LogP) is -0.473. The molecule has 0 aliphatic heterocycles. The fourth-order valence-corrected chi connectivity index (χ4v) is 0.333. The highest BCUT2D eigenvalue weighted by Gasteiger charge is 2.00. The van der Waals surface area contributed by atoms with Crippen molar-refractivity contribution < 1.29 is 20.0 Å². The van der Waals surface area contributed by atoms with Crippen LogP contribution in [0.4, 0.5) is 0 Å². The van der Waals surface area contributed by atoms with Crippen LogP contribution in [0, 0.1) is 0 Å². The van der Waals surface area contributed by atoms with Gasteiger partial charge < -0.3 is 10.2 Å². The molecule has 0 radical (unpaired) electrons. The molecule has 0 saturated carbocycles. The van der Waals surface area contributed by atoms with Crippen LogP contribution in [-0.4, -0.2) is 42.0 Å². The summed E-state index contributed by atoms with van der Waals surface area (Å²) in [5, 5.41) is 16.9. The number of alkyl halides is 1. The van der Waals surface area contributed by atoms with Crippen molar-refractivity contribution in [2.45, 2.75) is 6.10 Å². The smallest absolute Gasteiger partial charge is 0.110 e. The molecule has 0 rings (SSSR count). The van der Waals surface area contributed by atoms with Crippen LogP contribution >= 0.6 is 11.6 Å². The summed E-state index contributed by atoms with van der Waals surface area (Å²) in [5.41, 5.74) is 0. The van der Waals surface area contributed by atoms with Crippen molar-refractivity contribution in [3.8, 4) is 0 Å². The van der Waals surface area contributed by atoms with Crippen LogP contribution in [0.15, 0.2) is 0 Å². The van der Waals surface area contributed by atoms with Gasteiger partial charge in [0.05, 0.1) is 13.2 Å². The van der Waals surface area contributed by atoms with Gasteiger partial charge in [0.25, 0.3) is 0 Å². The Bertz CT molecular complexity index is 70.7. The maximum absolute atomic E-state index is 8.67. The number of rotatable bonds is 6. The van der Waals surface area contributed by atoms with E-state index in [0.717, 1.165) is 0 Å². The Labute approximate surface area is 64.2 Å². The molecule has 0 aromatic carbocycles. The molecular formula is C5H11ClO4. The molecule has 0 aliphatic carbocycles. The second kappa shape index (κ2) is 7.24.